The lowest BCUT2D eigenvalue weighted by atomic mass is 9.52. The Labute approximate surface area is 240 Å². The first-order valence-corrected chi connectivity index (χ1v) is 15.1. The van der Waals surface area contributed by atoms with Crippen LogP contribution in [0.25, 0.3) is 11.3 Å². The van der Waals surface area contributed by atoms with Crippen molar-refractivity contribution in [2.24, 2.45) is 5.41 Å². The smallest absolute Gasteiger partial charge is 0.251 e. The molecule has 2 aromatic heterocycles. The van der Waals surface area contributed by atoms with Gasteiger partial charge in [-0.25, -0.2) is 4.98 Å². The van der Waals surface area contributed by atoms with Gasteiger partial charge >= 0.3 is 0 Å². The molecule has 2 bridgehead atoms. The Bertz CT molecular complexity index is 1690. The number of anilines is 1. The van der Waals surface area contributed by atoms with Crippen molar-refractivity contribution in [3.63, 3.8) is 0 Å². The molecule has 3 aliphatic carbocycles. The normalized spacial score (nSPS) is 20.4. The molecule has 2 amide bonds. The Hall–Kier alpha value is -4.07. The van der Waals surface area contributed by atoms with Crippen molar-refractivity contribution in [1.29, 1.82) is 0 Å². The number of benzene rings is 3. The zero-order valence-corrected chi connectivity index (χ0v) is 23.5. The summed E-state index contributed by atoms with van der Waals surface area (Å²) in [6.45, 7) is 2.60. The third-order valence-electron chi connectivity index (χ3n) is 8.30. The summed E-state index contributed by atoms with van der Waals surface area (Å²) in [6.07, 6.45) is 0.762. The van der Waals surface area contributed by atoms with Gasteiger partial charge in [0.25, 0.3) is 5.91 Å². The largest absolute Gasteiger partial charge is 0.347 e. The summed E-state index contributed by atoms with van der Waals surface area (Å²) in [5.41, 5.74) is 6.74. The van der Waals surface area contributed by atoms with Gasteiger partial charge in [-0.15, -0.1) is 22.7 Å². The van der Waals surface area contributed by atoms with E-state index >= 15 is 0 Å². The number of carbonyl (C=O) groups is 2. The minimum atomic E-state index is -0.597. The molecule has 2 N–H and O–H groups in total. The van der Waals surface area contributed by atoms with Crippen molar-refractivity contribution >= 4 is 39.6 Å². The van der Waals surface area contributed by atoms with E-state index in [1.54, 1.807) is 17.4 Å². The van der Waals surface area contributed by atoms with E-state index in [1.165, 1.54) is 33.6 Å². The molecule has 8 rings (SSSR count). The van der Waals surface area contributed by atoms with Gasteiger partial charge in [-0.05, 0) is 59.2 Å². The van der Waals surface area contributed by atoms with Crippen molar-refractivity contribution in [3.8, 4) is 11.3 Å². The third kappa shape index (κ3) is 4.17. The first-order chi connectivity index (χ1) is 19.5. The number of thiazole rings is 1. The molecule has 1 atom stereocenters. The monoisotopic (exact) mass is 561 g/mol. The summed E-state index contributed by atoms with van der Waals surface area (Å²) in [4.78, 5) is 32.6. The minimum absolute atomic E-state index is 0.00545. The maximum Gasteiger partial charge on any atom is 0.251 e. The number of hydrogen-bond acceptors (Lipinski definition) is 5. The second-order valence-electron chi connectivity index (χ2n) is 10.7. The molecule has 0 saturated heterocycles. The minimum Gasteiger partial charge on any atom is -0.347 e. The van der Waals surface area contributed by atoms with Crippen molar-refractivity contribution in [3.05, 3.63) is 128 Å². The Morgan fingerprint density at radius 1 is 0.900 bits per heavy atom. The molecule has 2 heterocycles. The Morgan fingerprint density at radius 3 is 2.33 bits per heavy atom. The van der Waals surface area contributed by atoms with Gasteiger partial charge in [0.15, 0.2) is 5.13 Å². The number of nitrogens with zero attached hydrogens (tertiary/aromatic N) is 1. The predicted molar refractivity (Wildman–Crippen MR) is 161 cm³/mol. The highest BCUT2D eigenvalue weighted by molar-refractivity contribution is 7.14. The fourth-order valence-electron chi connectivity index (χ4n) is 6.40. The molecule has 0 radical (unpaired) electrons. The van der Waals surface area contributed by atoms with Crippen molar-refractivity contribution in [2.75, 3.05) is 5.32 Å². The number of carbonyl (C=O) groups excluding carboxylic acids is 2. The van der Waals surface area contributed by atoms with Gasteiger partial charge in [0.1, 0.15) is 0 Å². The average molecular weight is 562 g/mol. The number of nitrogens with one attached hydrogen (secondary N) is 2. The second-order valence-corrected chi connectivity index (χ2v) is 12.6. The van der Waals surface area contributed by atoms with Crippen LogP contribution >= 0.6 is 22.7 Å². The van der Waals surface area contributed by atoms with Gasteiger partial charge in [-0.1, -0.05) is 66.7 Å². The highest BCUT2D eigenvalue weighted by Gasteiger charge is 2.53. The summed E-state index contributed by atoms with van der Waals surface area (Å²) in [5, 5.41) is 10.6. The number of rotatable bonds is 6. The summed E-state index contributed by atoms with van der Waals surface area (Å²) in [5.74, 6) is 0.0661. The van der Waals surface area contributed by atoms with Gasteiger partial charge in [-0.3, -0.25) is 9.59 Å². The predicted octanol–water partition coefficient (Wildman–Crippen LogP) is 7.43. The van der Waals surface area contributed by atoms with Crippen LogP contribution < -0.4 is 10.6 Å². The molecule has 0 spiro atoms. The fourth-order valence-corrected chi connectivity index (χ4v) is 7.75. The van der Waals surface area contributed by atoms with Gasteiger partial charge in [0.05, 0.1) is 17.7 Å². The van der Waals surface area contributed by atoms with Crippen LogP contribution in [0.3, 0.4) is 0 Å². The van der Waals surface area contributed by atoms with E-state index in [2.05, 4.69) is 66.1 Å². The van der Waals surface area contributed by atoms with Crippen LogP contribution in [0.4, 0.5) is 5.13 Å². The highest BCUT2D eigenvalue weighted by Crippen LogP contribution is 2.61. The van der Waals surface area contributed by atoms with Crippen LogP contribution in [0.2, 0.25) is 0 Å². The van der Waals surface area contributed by atoms with Crippen LogP contribution in [0.1, 0.15) is 62.7 Å². The van der Waals surface area contributed by atoms with E-state index in [0.717, 1.165) is 22.6 Å². The van der Waals surface area contributed by atoms with Crippen LogP contribution in [0, 0.1) is 5.41 Å². The molecule has 5 aromatic rings. The van der Waals surface area contributed by atoms with Gasteiger partial charge in [-0.2, -0.15) is 0 Å². The molecular weight excluding hydrogens is 535 g/mol. The molecule has 40 heavy (non-hydrogen) atoms. The first-order valence-electron chi connectivity index (χ1n) is 13.4. The van der Waals surface area contributed by atoms with E-state index in [-0.39, 0.29) is 23.7 Å². The molecule has 0 aliphatic heterocycles. The number of hydrogen-bond donors (Lipinski definition) is 2. The lowest BCUT2D eigenvalue weighted by Crippen LogP contribution is -2.47. The molecule has 7 heteroatoms. The molecule has 1 unspecified atom stereocenters. The molecule has 3 aromatic carbocycles. The Balaban J connectivity index is 1.11. The number of aromatic nitrogens is 1. The SMILES string of the molecule is CC1(C(=O)Nc2nc(-c3cccc(C(=O)NCc4cccs4)c3)cs2)CC2c3ccccc3C1c1ccccc12. The van der Waals surface area contributed by atoms with Crippen LogP contribution in [0.15, 0.2) is 95.7 Å². The standard InChI is InChI=1S/C33H27N3O2S2/c1-33(17-27-23-11-2-4-13-25(23)29(33)26-14-5-3-12-24(26)27)31(38)36-32-35-28(19-40-32)20-8-6-9-21(16-20)30(37)34-18-22-10-7-15-39-22/h2-16,19,27,29H,17-18H2,1H3,(H,34,37)(H,35,36,38). The molecule has 5 nitrogen and oxygen atoms in total. The first kappa shape index (κ1) is 24.9. The number of thiophene rings is 1. The topological polar surface area (TPSA) is 71.1 Å². The van der Waals surface area contributed by atoms with E-state index in [0.29, 0.717) is 17.2 Å². The highest BCUT2D eigenvalue weighted by atomic mass is 32.1. The van der Waals surface area contributed by atoms with E-state index in [1.807, 2.05) is 41.1 Å². The molecule has 198 valence electrons. The van der Waals surface area contributed by atoms with Gasteiger partial charge < -0.3 is 10.6 Å². The van der Waals surface area contributed by atoms with Crippen molar-refractivity contribution in [2.45, 2.75) is 31.7 Å². The molecular formula is C33H27N3O2S2. The van der Waals surface area contributed by atoms with Crippen LogP contribution in [-0.4, -0.2) is 16.8 Å². The maximum atomic E-state index is 14.0. The lowest BCUT2D eigenvalue weighted by Gasteiger charge is -2.50. The van der Waals surface area contributed by atoms with E-state index in [4.69, 9.17) is 4.98 Å². The summed E-state index contributed by atoms with van der Waals surface area (Å²) < 4.78 is 0. The van der Waals surface area contributed by atoms with Crippen molar-refractivity contribution < 1.29 is 9.59 Å². The van der Waals surface area contributed by atoms with E-state index < -0.39 is 5.41 Å². The lowest BCUT2D eigenvalue weighted by molar-refractivity contribution is -0.126. The molecule has 0 fully saturated rings. The van der Waals surface area contributed by atoms with E-state index in [9.17, 15) is 9.59 Å². The summed E-state index contributed by atoms with van der Waals surface area (Å²) in [7, 11) is 0. The number of amides is 2. The number of fused-ring (bicyclic) bond motifs is 1. The Morgan fingerprint density at radius 2 is 1.62 bits per heavy atom. The van der Waals surface area contributed by atoms with Gasteiger partial charge in [0, 0.05) is 33.2 Å². The average Bonchev–Trinajstić information content (AvgIpc) is 3.69. The third-order valence-corrected chi connectivity index (χ3v) is 9.93. The van der Waals surface area contributed by atoms with Gasteiger partial charge in [0.2, 0.25) is 5.91 Å². The quantitative estimate of drug-likeness (QED) is 0.227. The zero-order valence-electron chi connectivity index (χ0n) is 21.9. The summed E-state index contributed by atoms with van der Waals surface area (Å²) >= 11 is 3.02. The van der Waals surface area contributed by atoms with Crippen LogP contribution in [0.5, 0.6) is 0 Å². The van der Waals surface area contributed by atoms with Crippen molar-refractivity contribution in [1.82, 2.24) is 10.3 Å². The fraction of sp³-hybridized carbons (Fsp3) is 0.182. The zero-order chi connectivity index (χ0) is 27.3. The molecule has 3 aliphatic rings. The van der Waals surface area contributed by atoms with Crippen LogP contribution in [-0.2, 0) is 11.3 Å². The Kier molecular flexibility index (Phi) is 6.13. The summed E-state index contributed by atoms with van der Waals surface area (Å²) in [6, 6.07) is 28.5. The maximum absolute atomic E-state index is 14.0. The second kappa shape index (κ2) is 9.84. The molecule has 0 saturated carbocycles.